The van der Waals surface area contributed by atoms with Crippen LogP contribution in [-0.2, 0) is 0 Å². The van der Waals surface area contributed by atoms with Gasteiger partial charge in [0.1, 0.15) is 0 Å². The first-order chi connectivity index (χ1) is 11.1. The van der Waals surface area contributed by atoms with Gasteiger partial charge >= 0.3 is 0 Å². The van der Waals surface area contributed by atoms with Gasteiger partial charge in [0.05, 0.1) is 10.7 Å². The Morgan fingerprint density at radius 3 is 1.96 bits per heavy atom. The van der Waals surface area contributed by atoms with Crippen LogP contribution in [0.3, 0.4) is 0 Å². The molecule has 0 saturated carbocycles. The molecule has 0 spiro atoms. The average Bonchev–Trinajstić information content (AvgIpc) is 2.55. The van der Waals surface area contributed by atoms with Crippen molar-refractivity contribution in [2.24, 2.45) is 0 Å². The maximum Gasteiger partial charge on any atom is 0.0639 e. The summed E-state index contributed by atoms with van der Waals surface area (Å²) in [6.07, 6.45) is 0. The number of hydrogen-bond acceptors (Lipinski definition) is 2. The maximum atomic E-state index is 6.46. The van der Waals surface area contributed by atoms with Gasteiger partial charge in [-0.05, 0) is 41.0 Å². The number of rotatable bonds is 3. The summed E-state index contributed by atoms with van der Waals surface area (Å²) in [6, 6.07) is 21.5. The Balaban J connectivity index is 2.20. The fraction of sp³-hybridized carbons (Fsp3) is 0.0526. The van der Waals surface area contributed by atoms with E-state index in [0.717, 1.165) is 22.4 Å². The van der Waals surface area contributed by atoms with Crippen LogP contribution in [0.5, 0.6) is 0 Å². The molecular weight excluding hydrogens is 327 g/mol. The molecule has 116 valence electrons. The normalized spacial score (nSPS) is 12.1. The molecule has 0 saturated heterocycles. The summed E-state index contributed by atoms with van der Waals surface area (Å²) in [6.45, 7) is 0. The van der Waals surface area contributed by atoms with Crippen LogP contribution in [0.1, 0.15) is 22.6 Å². The third-order valence-corrected chi connectivity index (χ3v) is 4.48. The molecule has 0 aliphatic carbocycles. The highest BCUT2D eigenvalue weighted by Gasteiger charge is 2.20. The first-order valence-corrected chi connectivity index (χ1v) is 7.96. The highest BCUT2D eigenvalue weighted by atomic mass is 35.5. The fourth-order valence-electron chi connectivity index (χ4n) is 2.68. The minimum atomic E-state index is -0.0394. The van der Waals surface area contributed by atoms with Crippen molar-refractivity contribution in [3.63, 3.8) is 0 Å². The molecule has 4 N–H and O–H groups in total. The molecule has 4 heteroatoms. The molecule has 1 atom stereocenters. The van der Waals surface area contributed by atoms with Crippen LogP contribution in [0.2, 0.25) is 10.0 Å². The number of hydrogen-bond donors (Lipinski definition) is 2. The van der Waals surface area contributed by atoms with E-state index in [2.05, 4.69) is 12.1 Å². The van der Waals surface area contributed by atoms with Gasteiger partial charge in [0, 0.05) is 16.6 Å². The SMILES string of the molecule is Nc1ccc(C(c2ccccc2)c2cc(Cl)c(N)cc2Cl)cc1. The van der Waals surface area contributed by atoms with Crippen LogP contribution < -0.4 is 11.5 Å². The lowest BCUT2D eigenvalue weighted by atomic mass is 9.85. The summed E-state index contributed by atoms with van der Waals surface area (Å²) in [5.74, 6) is -0.0394. The van der Waals surface area contributed by atoms with E-state index in [4.69, 9.17) is 34.7 Å². The Morgan fingerprint density at radius 1 is 0.696 bits per heavy atom. The van der Waals surface area contributed by atoms with Gasteiger partial charge in [0.25, 0.3) is 0 Å². The van der Waals surface area contributed by atoms with E-state index in [0.29, 0.717) is 15.7 Å². The van der Waals surface area contributed by atoms with Crippen molar-refractivity contribution >= 4 is 34.6 Å². The molecule has 2 nitrogen and oxygen atoms in total. The summed E-state index contributed by atoms with van der Waals surface area (Å²) in [5.41, 5.74) is 16.0. The van der Waals surface area contributed by atoms with Crippen LogP contribution in [-0.4, -0.2) is 0 Å². The number of nitrogens with two attached hydrogens (primary N) is 2. The summed E-state index contributed by atoms with van der Waals surface area (Å²) in [4.78, 5) is 0. The lowest BCUT2D eigenvalue weighted by Crippen LogP contribution is -2.05. The van der Waals surface area contributed by atoms with Crippen LogP contribution in [0.25, 0.3) is 0 Å². The summed E-state index contributed by atoms with van der Waals surface area (Å²) in [5, 5.41) is 1.10. The predicted molar refractivity (Wildman–Crippen MR) is 99.1 cm³/mol. The molecule has 3 aromatic rings. The molecular formula is C19H16Cl2N2. The monoisotopic (exact) mass is 342 g/mol. The Labute approximate surface area is 145 Å². The molecule has 0 aromatic heterocycles. The van der Waals surface area contributed by atoms with Crippen molar-refractivity contribution in [3.05, 3.63) is 93.5 Å². The number of benzene rings is 3. The fourth-order valence-corrected chi connectivity index (χ4v) is 3.14. The van der Waals surface area contributed by atoms with Crippen molar-refractivity contribution in [3.8, 4) is 0 Å². The van der Waals surface area contributed by atoms with Crippen LogP contribution in [0.15, 0.2) is 66.7 Å². The number of halogens is 2. The van der Waals surface area contributed by atoms with Gasteiger partial charge in [-0.25, -0.2) is 0 Å². The van der Waals surface area contributed by atoms with Crippen molar-refractivity contribution in [1.82, 2.24) is 0 Å². The lowest BCUT2D eigenvalue weighted by Gasteiger charge is -2.21. The van der Waals surface area contributed by atoms with E-state index >= 15 is 0 Å². The largest absolute Gasteiger partial charge is 0.399 e. The van der Waals surface area contributed by atoms with Crippen molar-refractivity contribution in [2.45, 2.75) is 5.92 Å². The molecule has 0 aliphatic rings. The third-order valence-electron chi connectivity index (χ3n) is 3.83. The number of anilines is 2. The zero-order valence-electron chi connectivity index (χ0n) is 12.3. The molecule has 3 aromatic carbocycles. The average molecular weight is 343 g/mol. The highest BCUT2D eigenvalue weighted by Crippen LogP contribution is 2.39. The molecule has 0 bridgehead atoms. The van der Waals surface area contributed by atoms with Gasteiger partial charge in [-0.15, -0.1) is 0 Å². The van der Waals surface area contributed by atoms with Crippen molar-refractivity contribution in [1.29, 1.82) is 0 Å². The summed E-state index contributed by atoms with van der Waals surface area (Å²) >= 11 is 12.7. The van der Waals surface area contributed by atoms with Gasteiger partial charge in [0.15, 0.2) is 0 Å². The Bertz CT molecular complexity index is 815. The van der Waals surface area contributed by atoms with Crippen LogP contribution in [0, 0.1) is 0 Å². The second-order valence-corrected chi connectivity index (χ2v) is 6.22. The summed E-state index contributed by atoms with van der Waals surface area (Å²) < 4.78 is 0. The minimum absolute atomic E-state index is 0.0394. The Kier molecular flexibility index (Phi) is 4.46. The molecule has 3 rings (SSSR count). The summed E-state index contributed by atoms with van der Waals surface area (Å²) in [7, 11) is 0. The zero-order valence-corrected chi connectivity index (χ0v) is 13.9. The molecule has 0 heterocycles. The Hall–Kier alpha value is -2.16. The van der Waals surface area contributed by atoms with E-state index < -0.39 is 0 Å². The van der Waals surface area contributed by atoms with Crippen molar-refractivity contribution < 1.29 is 0 Å². The zero-order chi connectivity index (χ0) is 16.4. The van der Waals surface area contributed by atoms with E-state index in [9.17, 15) is 0 Å². The quantitative estimate of drug-likeness (QED) is 0.498. The second-order valence-electron chi connectivity index (χ2n) is 5.41. The molecule has 0 amide bonds. The first kappa shape index (κ1) is 15.7. The van der Waals surface area contributed by atoms with Crippen LogP contribution >= 0.6 is 23.2 Å². The van der Waals surface area contributed by atoms with E-state index in [1.165, 1.54) is 0 Å². The smallest absolute Gasteiger partial charge is 0.0639 e. The van der Waals surface area contributed by atoms with E-state index in [1.807, 2.05) is 48.5 Å². The molecule has 0 radical (unpaired) electrons. The minimum Gasteiger partial charge on any atom is -0.399 e. The Morgan fingerprint density at radius 2 is 1.30 bits per heavy atom. The standard InChI is InChI=1S/C19H16Cl2N2/c20-16-11-18(23)17(21)10-15(16)19(12-4-2-1-3-5-12)13-6-8-14(22)9-7-13/h1-11,19H,22-23H2. The van der Waals surface area contributed by atoms with Crippen LogP contribution in [0.4, 0.5) is 11.4 Å². The molecule has 23 heavy (non-hydrogen) atoms. The van der Waals surface area contributed by atoms with Gasteiger partial charge in [-0.2, -0.15) is 0 Å². The predicted octanol–water partition coefficient (Wildman–Crippen LogP) is 5.34. The lowest BCUT2D eigenvalue weighted by molar-refractivity contribution is 0.978. The van der Waals surface area contributed by atoms with Crippen molar-refractivity contribution in [2.75, 3.05) is 11.5 Å². The highest BCUT2D eigenvalue weighted by molar-refractivity contribution is 6.35. The molecule has 0 fully saturated rings. The van der Waals surface area contributed by atoms with Gasteiger partial charge < -0.3 is 11.5 Å². The van der Waals surface area contributed by atoms with E-state index in [-0.39, 0.29) is 5.92 Å². The number of nitrogen functional groups attached to an aromatic ring is 2. The van der Waals surface area contributed by atoms with Gasteiger partial charge in [0.2, 0.25) is 0 Å². The van der Waals surface area contributed by atoms with Gasteiger partial charge in [-0.3, -0.25) is 0 Å². The molecule has 0 aliphatic heterocycles. The molecule has 1 unspecified atom stereocenters. The second kappa shape index (κ2) is 6.53. The topological polar surface area (TPSA) is 52.0 Å². The third kappa shape index (κ3) is 3.29. The van der Waals surface area contributed by atoms with Gasteiger partial charge in [-0.1, -0.05) is 65.7 Å². The maximum absolute atomic E-state index is 6.46. The van der Waals surface area contributed by atoms with E-state index in [1.54, 1.807) is 6.07 Å². The first-order valence-electron chi connectivity index (χ1n) is 7.21.